The van der Waals surface area contributed by atoms with Crippen LogP contribution in [0, 0.1) is 11.8 Å². The van der Waals surface area contributed by atoms with Crippen LogP contribution in [0.4, 0.5) is 0 Å². The summed E-state index contributed by atoms with van der Waals surface area (Å²) in [5, 5.41) is 2.96. The predicted octanol–water partition coefficient (Wildman–Crippen LogP) is 3.09. The SMILES string of the molecule is C[C@@H]1C[C@H]1C(=O)OCC(=O)NC(c1ccccc1)c1ccccc1. The molecule has 3 rings (SSSR count). The lowest BCUT2D eigenvalue weighted by Gasteiger charge is -2.20. The Morgan fingerprint density at radius 1 is 1.04 bits per heavy atom. The van der Waals surface area contributed by atoms with E-state index in [4.69, 9.17) is 4.74 Å². The molecule has 4 heteroatoms. The standard InChI is InChI=1S/C20H21NO3/c1-14-12-17(14)20(23)24-13-18(22)21-19(15-8-4-2-5-9-15)16-10-6-3-7-11-16/h2-11,14,17,19H,12-13H2,1H3,(H,21,22)/t14-,17-/m1/s1. The van der Waals surface area contributed by atoms with E-state index in [2.05, 4.69) is 5.32 Å². The predicted molar refractivity (Wildman–Crippen MR) is 91.1 cm³/mol. The van der Waals surface area contributed by atoms with Gasteiger partial charge in [-0.05, 0) is 23.5 Å². The quantitative estimate of drug-likeness (QED) is 0.831. The van der Waals surface area contributed by atoms with Crippen molar-refractivity contribution in [3.05, 3.63) is 71.8 Å². The fraction of sp³-hybridized carbons (Fsp3) is 0.300. The van der Waals surface area contributed by atoms with Gasteiger partial charge in [-0.3, -0.25) is 9.59 Å². The lowest BCUT2D eigenvalue weighted by molar-refractivity contribution is -0.150. The number of carbonyl (C=O) groups excluding carboxylic acids is 2. The van der Waals surface area contributed by atoms with E-state index < -0.39 is 0 Å². The molecule has 1 aliphatic rings. The van der Waals surface area contributed by atoms with Crippen LogP contribution in [0.5, 0.6) is 0 Å². The van der Waals surface area contributed by atoms with Crippen molar-refractivity contribution in [3.63, 3.8) is 0 Å². The molecule has 0 heterocycles. The van der Waals surface area contributed by atoms with E-state index in [-0.39, 0.29) is 30.4 Å². The summed E-state index contributed by atoms with van der Waals surface area (Å²) in [7, 11) is 0. The molecular weight excluding hydrogens is 302 g/mol. The van der Waals surface area contributed by atoms with Gasteiger partial charge in [0.25, 0.3) is 5.91 Å². The van der Waals surface area contributed by atoms with Gasteiger partial charge >= 0.3 is 5.97 Å². The third-order valence-corrected chi connectivity index (χ3v) is 4.33. The highest BCUT2D eigenvalue weighted by atomic mass is 16.5. The van der Waals surface area contributed by atoms with Crippen LogP contribution in [0.2, 0.25) is 0 Å². The molecule has 1 amide bonds. The van der Waals surface area contributed by atoms with E-state index >= 15 is 0 Å². The van der Waals surface area contributed by atoms with Gasteiger partial charge in [0.1, 0.15) is 0 Å². The van der Waals surface area contributed by atoms with Crippen LogP contribution in [0.1, 0.15) is 30.5 Å². The van der Waals surface area contributed by atoms with Crippen LogP contribution in [0.25, 0.3) is 0 Å². The van der Waals surface area contributed by atoms with E-state index in [1.807, 2.05) is 67.6 Å². The van der Waals surface area contributed by atoms with Crippen molar-refractivity contribution in [2.45, 2.75) is 19.4 Å². The Labute approximate surface area is 141 Å². The van der Waals surface area contributed by atoms with Gasteiger partial charge in [-0.1, -0.05) is 67.6 Å². The maximum atomic E-state index is 12.2. The molecule has 1 fully saturated rings. The summed E-state index contributed by atoms with van der Waals surface area (Å²) in [6.07, 6.45) is 0.858. The van der Waals surface area contributed by atoms with Gasteiger partial charge in [0.15, 0.2) is 6.61 Å². The number of rotatable bonds is 6. The molecule has 1 saturated carbocycles. The maximum absolute atomic E-state index is 12.2. The van der Waals surface area contributed by atoms with Crippen molar-refractivity contribution in [2.75, 3.05) is 6.61 Å². The number of benzene rings is 2. The van der Waals surface area contributed by atoms with Crippen LogP contribution in [0.3, 0.4) is 0 Å². The highest BCUT2D eigenvalue weighted by molar-refractivity contribution is 5.82. The van der Waals surface area contributed by atoms with E-state index in [1.165, 1.54) is 0 Å². The Kier molecular flexibility index (Phi) is 4.94. The second kappa shape index (κ2) is 7.30. The molecule has 124 valence electrons. The minimum absolute atomic E-state index is 0.0307. The first-order chi connectivity index (χ1) is 11.6. The molecule has 24 heavy (non-hydrogen) atoms. The van der Waals surface area contributed by atoms with Crippen molar-refractivity contribution in [1.82, 2.24) is 5.32 Å². The van der Waals surface area contributed by atoms with Gasteiger partial charge in [-0.25, -0.2) is 0 Å². The average Bonchev–Trinajstić information content (AvgIpc) is 3.36. The lowest BCUT2D eigenvalue weighted by Crippen LogP contribution is -2.33. The summed E-state index contributed by atoms with van der Waals surface area (Å²) in [4.78, 5) is 24.0. The molecule has 4 nitrogen and oxygen atoms in total. The molecule has 1 N–H and O–H groups in total. The molecule has 2 aromatic carbocycles. The first kappa shape index (κ1) is 16.2. The summed E-state index contributed by atoms with van der Waals surface area (Å²) in [5.74, 6) is -0.221. The summed E-state index contributed by atoms with van der Waals surface area (Å²) in [6, 6.07) is 19.2. The van der Waals surface area contributed by atoms with Crippen molar-refractivity contribution in [3.8, 4) is 0 Å². The Hall–Kier alpha value is -2.62. The number of hydrogen-bond acceptors (Lipinski definition) is 3. The van der Waals surface area contributed by atoms with Crippen molar-refractivity contribution in [1.29, 1.82) is 0 Å². The third-order valence-electron chi connectivity index (χ3n) is 4.33. The van der Waals surface area contributed by atoms with Gasteiger partial charge in [0.2, 0.25) is 0 Å². The number of carbonyl (C=O) groups is 2. The van der Waals surface area contributed by atoms with Gasteiger partial charge in [0, 0.05) is 0 Å². The van der Waals surface area contributed by atoms with Crippen molar-refractivity contribution < 1.29 is 14.3 Å². The molecule has 0 unspecified atom stereocenters. The van der Waals surface area contributed by atoms with Crippen LogP contribution >= 0.6 is 0 Å². The third kappa shape index (κ3) is 4.02. The van der Waals surface area contributed by atoms with E-state index in [0.717, 1.165) is 17.5 Å². The van der Waals surface area contributed by atoms with E-state index in [0.29, 0.717) is 5.92 Å². The molecule has 1 aliphatic carbocycles. The Balaban J connectivity index is 1.65. The average molecular weight is 323 g/mol. The monoisotopic (exact) mass is 323 g/mol. The Morgan fingerprint density at radius 2 is 1.54 bits per heavy atom. The second-order valence-corrected chi connectivity index (χ2v) is 6.25. The summed E-state index contributed by atoms with van der Waals surface area (Å²) < 4.78 is 5.12. The first-order valence-electron chi connectivity index (χ1n) is 8.21. The summed E-state index contributed by atoms with van der Waals surface area (Å²) in [6.45, 7) is 1.77. The number of hydrogen-bond donors (Lipinski definition) is 1. The fourth-order valence-corrected chi connectivity index (χ4v) is 2.75. The second-order valence-electron chi connectivity index (χ2n) is 6.25. The summed E-state index contributed by atoms with van der Waals surface area (Å²) >= 11 is 0. The van der Waals surface area contributed by atoms with E-state index in [1.54, 1.807) is 0 Å². The minimum Gasteiger partial charge on any atom is -0.455 e. The first-order valence-corrected chi connectivity index (χ1v) is 8.21. The van der Waals surface area contributed by atoms with Crippen LogP contribution in [-0.4, -0.2) is 18.5 Å². The van der Waals surface area contributed by atoms with Gasteiger partial charge < -0.3 is 10.1 Å². The Morgan fingerprint density at radius 3 is 2.00 bits per heavy atom. The molecule has 0 radical (unpaired) electrons. The van der Waals surface area contributed by atoms with Gasteiger partial charge in [0.05, 0.1) is 12.0 Å². The fourth-order valence-electron chi connectivity index (χ4n) is 2.75. The molecule has 0 aliphatic heterocycles. The largest absolute Gasteiger partial charge is 0.455 e. The number of esters is 1. The summed E-state index contributed by atoms with van der Waals surface area (Å²) in [5.41, 5.74) is 1.97. The van der Waals surface area contributed by atoms with Crippen molar-refractivity contribution >= 4 is 11.9 Å². The maximum Gasteiger partial charge on any atom is 0.309 e. The minimum atomic E-state index is -0.297. The molecule has 0 spiro atoms. The number of ether oxygens (including phenoxy) is 1. The molecule has 0 bridgehead atoms. The smallest absolute Gasteiger partial charge is 0.309 e. The zero-order valence-electron chi connectivity index (χ0n) is 13.6. The number of amides is 1. The van der Waals surface area contributed by atoms with Crippen molar-refractivity contribution in [2.24, 2.45) is 11.8 Å². The zero-order chi connectivity index (χ0) is 16.9. The molecule has 0 aromatic heterocycles. The van der Waals surface area contributed by atoms with Gasteiger partial charge in [-0.2, -0.15) is 0 Å². The Bertz CT molecular complexity index is 660. The van der Waals surface area contributed by atoms with Crippen LogP contribution in [-0.2, 0) is 14.3 Å². The molecule has 2 atom stereocenters. The lowest BCUT2D eigenvalue weighted by atomic mass is 9.99. The molecular formula is C20H21NO3. The zero-order valence-corrected chi connectivity index (χ0v) is 13.6. The molecule has 2 aromatic rings. The topological polar surface area (TPSA) is 55.4 Å². The van der Waals surface area contributed by atoms with Crippen LogP contribution < -0.4 is 5.32 Å². The van der Waals surface area contributed by atoms with Gasteiger partial charge in [-0.15, -0.1) is 0 Å². The number of nitrogens with one attached hydrogen (secondary N) is 1. The highest BCUT2D eigenvalue weighted by Crippen LogP contribution is 2.38. The van der Waals surface area contributed by atoms with Crippen LogP contribution in [0.15, 0.2) is 60.7 Å². The normalized spacial score (nSPS) is 18.9. The highest BCUT2D eigenvalue weighted by Gasteiger charge is 2.40. The molecule has 0 saturated heterocycles. The van der Waals surface area contributed by atoms with E-state index in [9.17, 15) is 9.59 Å².